The molecule has 2 aromatic rings. The van der Waals surface area contributed by atoms with Crippen molar-refractivity contribution >= 4 is 17.7 Å². The SMILES string of the molecule is CNC(CSc1cc(C)nn1C)(C(N)=O)c1ccccc1. The number of nitrogens with one attached hydrogen (secondary N) is 1. The maximum atomic E-state index is 12.1. The molecule has 0 saturated carbocycles. The molecule has 2 rings (SSSR count). The third-order valence-electron chi connectivity index (χ3n) is 3.51. The fourth-order valence-electron chi connectivity index (χ4n) is 2.26. The van der Waals surface area contributed by atoms with Crippen molar-refractivity contribution in [3.05, 3.63) is 47.7 Å². The maximum absolute atomic E-state index is 12.1. The Bertz CT molecular complexity index is 626. The average Bonchev–Trinajstić information content (AvgIpc) is 2.79. The van der Waals surface area contributed by atoms with Gasteiger partial charge in [0.15, 0.2) is 0 Å². The summed E-state index contributed by atoms with van der Waals surface area (Å²) >= 11 is 1.56. The number of amides is 1. The highest BCUT2D eigenvalue weighted by Gasteiger charge is 2.37. The molecular weight excluding hydrogens is 284 g/mol. The van der Waals surface area contributed by atoms with Crippen molar-refractivity contribution in [1.82, 2.24) is 15.1 Å². The molecule has 21 heavy (non-hydrogen) atoms. The number of nitrogens with zero attached hydrogens (tertiary/aromatic N) is 2. The molecule has 0 bridgehead atoms. The Morgan fingerprint density at radius 2 is 2.10 bits per heavy atom. The van der Waals surface area contributed by atoms with E-state index in [4.69, 9.17) is 5.73 Å². The highest BCUT2D eigenvalue weighted by molar-refractivity contribution is 7.99. The number of nitrogens with two attached hydrogens (primary N) is 1. The molecule has 1 aromatic carbocycles. The zero-order valence-corrected chi connectivity index (χ0v) is 13.3. The van der Waals surface area contributed by atoms with E-state index in [1.54, 1.807) is 18.8 Å². The number of hydrogen-bond donors (Lipinski definition) is 2. The molecule has 1 atom stereocenters. The molecule has 0 aliphatic carbocycles. The highest BCUT2D eigenvalue weighted by atomic mass is 32.2. The van der Waals surface area contributed by atoms with Gasteiger partial charge in [0.05, 0.1) is 10.7 Å². The number of likely N-dealkylation sites (N-methyl/N-ethyl adjacent to an activating group) is 1. The van der Waals surface area contributed by atoms with Crippen molar-refractivity contribution < 1.29 is 4.79 Å². The van der Waals surface area contributed by atoms with Gasteiger partial charge in [-0.15, -0.1) is 11.8 Å². The molecule has 112 valence electrons. The van der Waals surface area contributed by atoms with E-state index in [1.807, 2.05) is 55.1 Å². The van der Waals surface area contributed by atoms with Crippen LogP contribution >= 0.6 is 11.8 Å². The van der Waals surface area contributed by atoms with Crippen molar-refractivity contribution in [3.8, 4) is 0 Å². The van der Waals surface area contributed by atoms with Crippen molar-refractivity contribution in [2.75, 3.05) is 12.8 Å². The predicted molar refractivity (Wildman–Crippen MR) is 85.0 cm³/mol. The normalized spacial score (nSPS) is 13.9. The highest BCUT2D eigenvalue weighted by Crippen LogP contribution is 2.29. The third-order valence-corrected chi connectivity index (χ3v) is 4.76. The van der Waals surface area contributed by atoms with Crippen molar-refractivity contribution in [2.45, 2.75) is 17.5 Å². The van der Waals surface area contributed by atoms with Crippen LogP contribution in [0, 0.1) is 6.92 Å². The van der Waals surface area contributed by atoms with Crippen LogP contribution in [0.2, 0.25) is 0 Å². The van der Waals surface area contributed by atoms with Crippen molar-refractivity contribution in [1.29, 1.82) is 0 Å². The summed E-state index contributed by atoms with van der Waals surface area (Å²) in [6.45, 7) is 1.95. The summed E-state index contributed by atoms with van der Waals surface area (Å²) < 4.78 is 1.81. The molecular formula is C15H20N4OS. The van der Waals surface area contributed by atoms with Gasteiger partial charge in [-0.1, -0.05) is 30.3 Å². The van der Waals surface area contributed by atoms with Gasteiger partial charge in [0, 0.05) is 12.8 Å². The summed E-state index contributed by atoms with van der Waals surface area (Å²) in [6.07, 6.45) is 0. The topological polar surface area (TPSA) is 72.9 Å². The van der Waals surface area contributed by atoms with Crippen LogP contribution in [0.3, 0.4) is 0 Å². The van der Waals surface area contributed by atoms with Gasteiger partial charge in [-0.3, -0.25) is 9.48 Å². The van der Waals surface area contributed by atoms with Crippen LogP contribution in [0.1, 0.15) is 11.3 Å². The monoisotopic (exact) mass is 304 g/mol. The van der Waals surface area contributed by atoms with Crippen LogP contribution in [-0.2, 0) is 17.4 Å². The number of benzene rings is 1. The van der Waals surface area contributed by atoms with E-state index in [1.165, 1.54) is 0 Å². The number of thioether (sulfide) groups is 1. The van der Waals surface area contributed by atoms with E-state index in [-0.39, 0.29) is 5.91 Å². The second-order valence-corrected chi connectivity index (χ2v) is 5.92. The standard InChI is InChI=1S/C15H20N4OS/c1-11-9-13(19(3)18-11)21-10-15(17-2,14(16)20)12-7-5-4-6-8-12/h4-9,17H,10H2,1-3H3,(H2,16,20). The second-order valence-electron chi connectivity index (χ2n) is 4.92. The Balaban J connectivity index is 2.29. The first-order valence-electron chi connectivity index (χ1n) is 6.67. The van der Waals surface area contributed by atoms with Crippen molar-refractivity contribution in [3.63, 3.8) is 0 Å². The minimum atomic E-state index is -0.899. The van der Waals surface area contributed by atoms with Gasteiger partial charge in [-0.2, -0.15) is 5.10 Å². The smallest absolute Gasteiger partial charge is 0.243 e. The van der Waals surface area contributed by atoms with Gasteiger partial charge in [0.1, 0.15) is 5.54 Å². The van der Waals surface area contributed by atoms with E-state index in [0.29, 0.717) is 5.75 Å². The predicted octanol–water partition coefficient (Wildman–Crippen LogP) is 1.42. The van der Waals surface area contributed by atoms with Gasteiger partial charge in [0.25, 0.3) is 0 Å². The van der Waals surface area contributed by atoms with Crippen molar-refractivity contribution in [2.24, 2.45) is 12.8 Å². The summed E-state index contributed by atoms with van der Waals surface area (Å²) in [5.74, 6) is 0.115. The molecule has 1 unspecified atom stereocenters. The zero-order chi connectivity index (χ0) is 15.5. The average molecular weight is 304 g/mol. The third kappa shape index (κ3) is 3.11. The Labute approximate surface area is 128 Å². The van der Waals surface area contributed by atoms with E-state index in [0.717, 1.165) is 16.3 Å². The Hall–Kier alpha value is -1.79. The number of carbonyl (C=O) groups excluding carboxylic acids is 1. The number of rotatable bonds is 6. The number of hydrogen-bond acceptors (Lipinski definition) is 4. The molecule has 3 N–H and O–H groups in total. The molecule has 0 radical (unpaired) electrons. The molecule has 5 nitrogen and oxygen atoms in total. The number of aromatic nitrogens is 2. The van der Waals surface area contributed by atoms with Crippen LogP contribution in [0.25, 0.3) is 0 Å². The van der Waals surface area contributed by atoms with Crippen LogP contribution < -0.4 is 11.1 Å². The summed E-state index contributed by atoms with van der Waals surface area (Å²) in [4.78, 5) is 12.1. The molecule has 0 spiro atoms. The maximum Gasteiger partial charge on any atom is 0.243 e. The summed E-state index contributed by atoms with van der Waals surface area (Å²) in [6, 6.07) is 11.6. The lowest BCUT2D eigenvalue weighted by molar-refractivity contribution is -0.123. The summed E-state index contributed by atoms with van der Waals surface area (Å²) in [5.41, 5.74) is 6.61. The van der Waals surface area contributed by atoms with Crippen LogP contribution in [-0.4, -0.2) is 28.5 Å². The number of carbonyl (C=O) groups is 1. The molecule has 1 heterocycles. The van der Waals surface area contributed by atoms with Gasteiger partial charge in [-0.25, -0.2) is 0 Å². The summed E-state index contributed by atoms with van der Waals surface area (Å²) in [7, 11) is 3.65. The minimum absolute atomic E-state index is 0.386. The Morgan fingerprint density at radius 1 is 1.43 bits per heavy atom. The first kappa shape index (κ1) is 15.6. The Kier molecular flexibility index (Phi) is 4.69. The lowest BCUT2D eigenvalue weighted by Crippen LogP contribution is -2.53. The van der Waals surface area contributed by atoms with Gasteiger partial charge in [-0.05, 0) is 25.6 Å². The van der Waals surface area contributed by atoms with E-state index < -0.39 is 5.54 Å². The number of primary amides is 1. The Morgan fingerprint density at radius 3 is 2.57 bits per heavy atom. The number of aryl methyl sites for hydroxylation is 2. The second kappa shape index (κ2) is 6.32. The molecule has 0 fully saturated rings. The van der Waals surface area contributed by atoms with Gasteiger partial charge >= 0.3 is 0 Å². The molecule has 1 amide bonds. The molecule has 0 aliphatic heterocycles. The lowest BCUT2D eigenvalue weighted by Gasteiger charge is -2.30. The van der Waals surface area contributed by atoms with Crippen LogP contribution in [0.4, 0.5) is 0 Å². The minimum Gasteiger partial charge on any atom is -0.368 e. The van der Waals surface area contributed by atoms with Crippen LogP contribution in [0.15, 0.2) is 41.4 Å². The fourth-order valence-corrected chi connectivity index (χ4v) is 3.56. The van der Waals surface area contributed by atoms with Gasteiger partial charge < -0.3 is 11.1 Å². The molecule has 1 aromatic heterocycles. The molecule has 0 saturated heterocycles. The zero-order valence-electron chi connectivity index (χ0n) is 12.5. The first-order chi connectivity index (χ1) is 9.99. The lowest BCUT2D eigenvalue weighted by atomic mass is 9.91. The fraction of sp³-hybridized carbons (Fsp3) is 0.333. The van der Waals surface area contributed by atoms with E-state index in [9.17, 15) is 4.79 Å². The molecule has 0 aliphatic rings. The van der Waals surface area contributed by atoms with Crippen LogP contribution in [0.5, 0.6) is 0 Å². The van der Waals surface area contributed by atoms with E-state index >= 15 is 0 Å². The largest absolute Gasteiger partial charge is 0.368 e. The quantitative estimate of drug-likeness (QED) is 0.792. The van der Waals surface area contributed by atoms with Gasteiger partial charge in [0.2, 0.25) is 5.91 Å². The first-order valence-corrected chi connectivity index (χ1v) is 7.66. The van der Waals surface area contributed by atoms with E-state index in [2.05, 4.69) is 10.4 Å². The molecule has 6 heteroatoms. The summed E-state index contributed by atoms with van der Waals surface area (Å²) in [5, 5.41) is 8.42.